The molecule has 3 aromatic rings. The van der Waals surface area contributed by atoms with Crippen LogP contribution >= 0.6 is 0 Å². The number of rotatable bonds is 3. The van der Waals surface area contributed by atoms with Crippen molar-refractivity contribution in [2.45, 2.75) is 44.2 Å². The number of nitrogens with one attached hydrogen (secondary N) is 1. The second-order valence-corrected chi connectivity index (χ2v) is 7.74. The zero-order chi connectivity index (χ0) is 18.6. The Kier molecular flexibility index (Phi) is 3.40. The molecule has 0 saturated heterocycles. The molecule has 27 heavy (non-hydrogen) atoms. The van der Waals surface area contributed by atoms with E-state index in [1.54, 1.807) is 18.6 Å². The van der Waals surface area contributed by atoms with E-state index in [9.17, 15) is 4.79 Å². The first kappa shape index (κ1) is 16.1. The van der Waals surface area contributed by atoms with Gasteiger partial charge in [-0.3, -0.25) is 14.7 Å². The molecule has 5 rings (SSSR count). The van der Waals surface area contributed by atoms with Crippen LogP contribution in [0.3, 0.4) is 0 Å². The number of fused-ring (bicyclic) bond motifs is 2. The summed E-state index contributed by atoms with van der Waals surface area (Å²) >= 11 is 0. The number of nitrogens with zero attached hydrogens (tertiary/aromatic N) is 5. The predicted octanol–water partition coefficient (Wildman–Crippen LogP) is 2.69. The van der Waals surface area contributed by atoms with Gasteiger partial charge in [-0.1, -0.05) is 0 Å². The van der Waals surface area contributed by atoms with Crippen molar-refractivity contribution >= 4 is 28.6 Å². The first-order chi connectivity index (χ1) is 13.0. The molecule has 0 atom stereocenters. The van der Waals surface area contributed by atoms with E-state index in [0.29, 0.717) is 5.82 Å². The van der Waals surface area contributed by atoms with Crippen LogP contribution in [0.1, 0.15) is 32.4 Å². The van der Waals surface area contributed by atoms with Gasteiger partial charge in [0.15, 0.2) is 11.5 Å². The van der Waals surface area contributed by atoms with Crippen molar-refractivity contribution in [3.05, 3.63) is 48.5 Å². The van der Waals surface area contributed by atoms with Gasteiger partial charge in [0.1, 0.15) is 5.82 Å². The summed E-state index contributed by atoms with van der Waals surface area (Å²) in [6, 6.07) is 8.32. The Balaban J connectivity index is 1.31. The molecule has 1 aliphatic carbocycles. The average Bonchev–Trinajstić information content (AvgIpc) is 2.85. The number of pyridine rings is 2. The third kappa shape index (κ3) is 2.45. The van der Waals surface area contributed by atoms with Crippen LogP contribution in [0.2, 0.25) is 0 Å². The molecular weight excluding hydrogens is 340 g/mol. The first-order valence-corrected chi connectivity index (χ1v) is 9.17. The molecule has 1 fully saturated rings. The Morgan fingerprint density at radius 3 is 2.74 bits per heavy atom. The summed E-state index contributed by atoms with van der Waals surface area (Å²) in [7, 11) is 0. The summed E-state index contributed by atoms with van der Waals surface area (Å²) in [5, 5.41) is 4.48. The van der Waals surface area contributed by atoms with E-state index in [0.717, 1.165) is 35.4 Å². The zero-order valence-corrected chi connectivity index (χ0v) is 15.3. The lowest BCUT2D eigenvalue weighted by Gasteiger charge is -2.41. The van der Waals surface area contributed by atoms with E-state index >= 15 is 0 Å². The van der Waals surface area contributed by atoms with Crippen LogP contribution in [-0.4, -0.2) is 37.9 Å². The van der Waals surface area contributed by atoms with Crippen LogP contribution in [0.5, 0.6) is 0 Å². The molecule has 0 aromatic carbocycles. The largest absolute Gasteiger partial charge is 0.367 e. The van der Waals surface area contributed by atoms with Crippen molar-refractivity contribution in [1.82, 2.24) is 19.9 Å². The molecule has 7 heteroatoms. The molecule has 0 unspecified atom stereocenters. The molecule has 0 spiro atoms. The van der Waals surface area contributed by atoms with Gasteiger partial charge < -0.3 is 5.32 Å². The summed E-state index contributed by atoms with van der Waals surface area (Å²) < 4.78 is 0. The molecule has 2 aliphatic rings. The molecule has 1 N–H and O–H groups in total. The fourth-order valence-corrected chi connectivity index (χ4v) is 3.94. The van der Waals surface area contributed by atoms with Crippen molar-refractivity contribution < 1.29 is 4.79 Å². The second-order valence-electron chi connectivity index (χ2n) is 7.74. The van der Waals surface area contributed by atoms with Gasteiger partial charge in [0.25, 0.3) is 0 Å². The van der Waals surface area contributed by atoms with Crippen LogP contribution in [0, 0.1) is 0 Å². The zero-order valence-electron chi connectivity index (χ0n) is 15.3. The molecule has 0 bridgehead atoms. The van der Waals surface area contributed by atoms with Crippen LogP contribution < -0.4 is 10.2 Å². The average molecular weight is 360 g/mol. The van der Waals surface area contributed by atoms with Gasteiger partial charge in [-0.15, -0.1) is 0 Å². The van der Waals surface area contributed by atoms with Crippen LogP contribution in [-0.2, 0) is 10.2 Å². The maximum absolute atomic E-state index is 12.9. The lowest BCUT2D eigenvalue weighted by Crippen LogP contribution is -2.53. The Morgan fingerprint density at radius 1 is 1.07 bits per heavy atom. The van der Waals surface area contributed by atoms with Gasteiger partial charge >= 0.3 is 0 Å². The molecule has 1 saturated carbocycles. The van der Waals surface area contributed by atoms with E-state index in [2.05, 4.69) is 25.3 Å². The molecule has 1 aliphatic heterocycles. The highest BCUT2D eigenvalue weighted by Crippen LogP contribution is 2.43. The minimum atomic E-state index is -0.617. The van der Waals surface area contributed by atoms with Crippen LogP contribution in [0.25, 0.3) is 11.0 Å². The SMILES string of the molecule is CC1(C)C(=O)N(C2CC(Nc3ccc4cccnc4n3)C2)c2nccnc21. The minimum absolute atomic E-state index is 0.0835. The van der Waals surface area contributed by atoms with E-state index in [1.807, 2.05) is 43.0 Å². The van der Waals surface area contributed by atoms with Crippen molar-refractivity contribution in [2.75, 3.05) is 10.2 Å². The van der Waals surface area contributed by atoms with Gasteiger partial charge in [0.05, 0.1) is 11.1 Å². The van der Waals surface area contributed by atoms with Gasteiger partial charge in [0.2, 0.25) is 5.91 Å². The van der Waals surface area contributed by atoms with Crippen molar-refractivity contribution in [1.29, 1.82) is 0 Å². The molecule has 0 radical (unpaired) electrons. The monoisotopic (exact) mass is 360 g/mol. The van der Waals surface area contributed by atoms with E-state index in [1.165, 1.54) is 0 Å². The van der Waals surface area contributed by atoms with E-state index in [4.69, 9.17) is 0 Å². The van der Waals surface area contributed by atoms with E-state index < -0.39 is 5.41 Å². The molecule has 136 valence electrons. The summed E-state index contributed by atoms with van der Waals surface area (Å²) in [4.78, 5) is 32.5. The maximum atomic E-state index is 12.9. The summed E-state index contributed by atoms with van der Waals surface area (Å²) in [5.41, 5.74) is 0.890. The van der Waals surface area contributed by atoms with Crippen molar-refractivity contribution in [3.63, 3.8) is 0 Å². The fourth-order valence-electron chi connectivity index (χ4n) is 3.94. The Hall–Kier alpha value is -3.09. The number of anilines is 2. The Bertz CT molecular complexity index is 1040. The summed E-state index contributed by atoms with van der Waals surface area (Å²) in [6.07, 6.45) is 6.78. The predicted molar refractivity (Wildman–Crippen MR) is 103 cm³/mol. The number of carbonyl (C=O) groups excluding carboxylic acids is 1. The third-order valence-corrected chi connectivity index (χ3v) is 5.55. The highest BCUT2D eigenvalue weighted by molar-refractivity contribution is 6.06. The van der Waals surface area contributed by atoms with Crippen molar-refractivity contribution in [2.24, 2.45) is 0 Å². The third-order valence-electron chi connectivity index (χ3n) is 5.55. The van der Waals surface area contributed by atoms with Gasteiger partial charge in [0, 0.05) is 36.1 Å². The summed E-state index contributed by atoms with van der Waals surface area (Å²) in [6.45, 7) is 3.84. The van der Waals surface area contributed by atoms with Gasteiger partial charge in [-0.25, -0.2) is 15.0 Å². The summed E-state index contributed by atoms with van der Waals surface area (Å²) in [5.74, 6) is 1.61. The molecular formula is C20H20N6O. The van der Waals surface area contributed by atoms with Crippen LogP contribution in [0.15, 0.2) is 42.9 Å². The second kappa shape index (κ2) is 5.70. The van der Waals surface area contributed by atoms with E-state index in [-0.39, 0.29) is 18.0 Å². The number of carbonyl (C=O) groups is 1. The normalized spacial score (nSPS) is 23.2. The number of hydrogen-bond donors (Lipinski definition) is 1. The topological polar surface area (TPSA) is 83.9 Å². The number of hydrogen-bond acceptors (Lipinski definition) is 6. The Morgan fingerprint density at radius 2 is 1.89 bits per heavy atom. The van der Waals surface area contributed by atoms with Crippen molar-refractivity contribution in [3.8, 4) is 0 Å². The lowest BCUT2D eigenvalue weighted by atomic mass is 9.84. The minimum Gasteiger partial charge on any atom is -0.367 e. The molecule has 1 amide bonds. The van der Waals surface area contributed by atoms with Gasteiger partial charge in [-0.05, 0) is 51.0 Å². The van der Waals surface area contributed by atoms with Gasteiger partial charge in [-0.2, -0.15) is 0 Å². The fraction of sp³-hybridized carbons (Fsp3) is 0.350. The molecule has 3 aromatic heterocycles. The lowest BCUT2D eigenvalue weighted by molar-refractivity contribution is -0.123. The Labute approximate surface area is 156 Å². The highest BCUT2D eigenvalue weighted by Gasteiger charge is 2.51. The smallest absolute Gasteiger partial charge is 0.240 e. The molecule has 7 nitrogen and oxygen atoms in total. The first-order valence-electron chi connectivity index (χ1n) is 9.17. The number of aromatic nitrogens is 4. The van der Waals surface area contributed by atoms with Crippen LogP contribution in [0.4, 0.5) is 11.6 Å². The molecule has 4 heterocycles. The maximum Gasteiger partial charge on any atom is 0.240 e. The standard InChI is InChI=1S/C20H20N6O/c1-20(2)16-18(23-9-8-21-16)26(19(20)27)14-10-13(11-14)24-15-6-5-12-4-3-7-22-17(12)25-15/h3-9,13-14H,10-11H2,1-2H3,(H,22,24,25). The number of amides is 1. The highest BCUT2D eigenvalue weighted by atomic mass is 16.2. The quantitative estimate of drug-likeness (QED) is 0.773.